The van der Waals surface area contributed by atoms with Gasteiger partial charge in [0, 0.05) is 23.8 Å². The summed E-state index contributed by atoms with van der Waals surface area (Å²) in [6, 6.07) is 7.18. The molecule has 0 aliphatic rings. The second-order valence-corrected chi connectivity index (χ2v) is 15.3. The number of aromatic carboxylic acids is 1. The number of nitrogens with two attached hydrogens (primary N) is 1. The first-order valence-corrected chi connectivity index (χ1v) is 20.5. The van der Waals surface area contributed by atoms with Crippen LogP contribution in [-0.2, 0) is 0 Å². The summed E-state index contributed by atoms with van der Waals surface area (Å²) in [4.78, 5) is 32.2. The molecule has 0 atom stereocenters. The number of methoxy groups -OCH3 is 2. The Kier molecular flexibility index (Phi) is 16.5. The van der Waals surface area contributed by atoms with Crippen LogP contribution in [0.2, 0.25) is 0 Å². The molecule has 6 rings (SSSR count). The lowest BCUT2D eigenvalue weighted by molar-refractivity contribution is -0.276. The third kappa shape index (κ3) is 15.4. The van der Waals surface area contributed by atoms with E-state index in [9.17, 15) is 66.7 Å². The van der Waals surface area contributed by atoms with Gasteiger partial charge in [0.2, 0.25) is 23.1 Å². The Hall–Kier alpha value is -7.30. The zero-order chi connectivity index (χ0) is 59.9. The standard InChI is InChI=1S/C22H14BrF7N2O4.C16H9F7O5.C6H7BrN2/c1-9-8-31-15(23)7-11(9)32-21(33)16-12(4-3-10(17(16)24)20(26)27)35-14-6-5-13(36-22(28,29)30)18(25)19(14)34-2;1-26-13-9(5-4-8(12(13)18)28-16(21,22)23)27-7-3-2-6(14(19)20)11(17)10(7)15(24)25;1-4-3-9-6(7)2-5(4)8/h3-8,20H,1-2H3,(H,31,32,33);2-5,14H,1H3,(H,24,25);2-3H,1H3,(H2,8,9)/i2D3;1D3;. The number of halogens is 16. The predicted molar refractivity (Wildman–Crippen MR) is 235 cm³/mol. The molecule has 4 N–H and O–H groups in total. The quantitative estimate of drug-likeness (QED) is 0.0739. The second-order valence-electron chi connectivity index (χ2n) is 13.6. The Balaban J connectivity index is 0.000000299. The maximum absolute atomic E-state index is 15.1. The van der Waals surface area contributed by atoms with Crippen LogP contribution in [0.3, 0.4) is 0 Å². The van der Waals surface area contributed by atoms with Gasteiger partial charge in [0.15, 0.2) is 23.0 Å². The normalized spacial score (nSPS) is 12.8. The second kappa shape index (κ2) is 24.4. The summed E-state index contributed by atoms with van der Waals surface area (Å²) in [6.07, 6.45) is -14.5. The monoisotopic (exact) mass is 1190 g/mol. The van der Waals surface area contributed by atoms with Crippen molar-refractivity contribution in [3.8, 4) is 46.0 Å². The fourth-order valence-corrected chi connectivity index (χ4v) is 6.11. The van der Waals surface area contributed by atoms with Gasteiger partial charge in [-0.05, 0) is 117 Å². The molecule has 0 fully saturated rings. The lowest BCUT2D eigenvalue weighted by Gasteiger charge is -2.18. The molecule has 0 unspecified atom stereocenters. The van der Waals surface area contributed by atoms with E-state index in [4.69, 9.17) is 28.5 Å². The van der Waals surface area contributed by atoms with Crippen LogP contribution in [0, 0.1) is 37.1 Å². The maximum atomic E-state index is 15.1. The largest absolute Gasteiger partial charge is 0.573 e. The number of anilines is 2. The number of carboxylic acid groups (broad SMARTS) is 1. The zero-order valence-electron chi connectivity index (χ0n) is 41.8. The highest BCUT2D eigenvalue weighted by Crippen LogP contribution is 2.44. The van der Waals surface area contributed by atoms with Gasteiger partial charge in [-0.1, -0.05) is 0 Å². The average molecular weight is 1190 g/mol. The van der Waals surface area contributed by atoms with Gasteiger partial charge < -0.3 is 44.6 Å². The van der Waals surface area contributed by atoms with E-state index in [1.807, 2.05) is 6.92 Å². The van der Waals surface area contributed by atoms with E-state index in [0.29, 0.717) is 54.1 Å². The highest BCUT2D eigenvalue weighted by atomic mass is 79.9. The number of carboxylic acids is 1. The molecule has 73 heavy (non-hydrogen) atoms. The number of pyridine rings is 2. The fourth-order valence-electron chi connectivity index (χ4n) is 5.43. The van der Waals surface area contributed by atoms with Gasteiger partial charge in [0.25, 0.3) is 18.8 Å². The molecule has 0 saturated heterocycles. The number of carbonyl (C=O) groups is 2. The number of rotatable bonds is 13. The first kappa shape index (κ1) is 49.3. The number of hydrogen-bond acceptors (Lipinski definition) is 11. The molecule has 0 aliphatic carbocycles. The molecule has 1 amide bonds. The summed E-state index contributed by atoms with van der Waals surface area (Å²) < 4.78 is 255. The lowest BCUT2D eigenvalue weighted by Crippen LogP contribution is -2.18. The summed E-state index contributed by atoms with van der Waals surface area (Å²) in [5, 5.41) is 11.4. The first-order valence-electron chi connectivity index (χ1n) is 21.9. The lowest BCUT2D eigenvalue weighted by atomic mass is 10.1. The minimum atomic E-state index is -5.37. The minimum absolute atomic E-state index is 0.0841. The summed E-state index contributed by atoms with van der Waals surface area (Å²) in [6.45, 7) is 3.44. The number of aromatic nitrogens is 2. The Morgan fingerprint density at radius 1 is 0.630 bits per heavy atom. The van der Waals surface area contributed by atoms with E-state index in [2.05, 4.69) is 66.1 Å². The molecule has 0 radical (unpaired) electrons. The number of amides is 1. The number of ether oxygens (including phenoxy) is 6. The van der Waals surface area contributed by atoms with E-state index in [1.165, 1.54) is 19.2 Å². The number of nitrogens with zero attached hydrogens (tertiary/aromatic N) is 2. The number of hydrogen-bond donors (Lipinski definition) is 3. The topological polar surface area (TPSA) is 174 Å². The van der Waals surface area contributed by atoms with Gasteiger partial charge in [-0.15, -0.1) is 26.3 Å². The number of nitrogen functional groups attached to an aromatic ring is 1. The molecule has 392 valence electrons. The van der Waals surface area contributed by atoms with Crippen molar-refractivity contribution in [2.45, 2.75) is 39.4 Å². The van der Waals surface area contributed by atoms with Gasteiger partial charge in [-0.2, -0.15) is 8.78 Å². The maximum Gasteiger partial charge on any atom is 0.573 e. The van der Waals surface area contributed by atoms with Crippen molar-refractivity contribution >= 4 is 55.1 Å². The minimum Gasteiger partial charge on any atom is -0.490 e. The summed E-state index contributed by atoms with van der Waals surface area (Å²) >= 11 is 6.28. The van der Waals surface area contributed by atoms with Gasteiger partial charge in [-0.25, -0.2) is 41.1 Å². The van der Waals surface area contributed by atoms with E-state index >= 15 is 4.39 Å². The molecule has 6 aromatic rings. The van der Waals surface area contributed by atoms with Gasteiger partial charge in [-0.3, -0.25) is 4.79 Å². The Bertz CT molecular complexity index is 3220. The van der Waals surface area contributed by atoms with E-state index in [-0.39, 0.29) is 10.3 Å². The van der Waals surface area contributed by atoms with Crippen LogP contribution < -0.4 is 39.5 Å². The third-order valence-electron chi connectivity index (χ3n) is 8.75. The van der Waals surface area contributed by atoms with Crippen molar-refractivity contribution in [1.82, 2.24) is 9.97 Å². The molecule has 13 nitrogen and oxygen atoms in total. The van der Waals surface area contributed by atoms with E-state index in [1.54, 1.807) is 12.3 Å². The molecule has 2 aromatic heterocycles. The highest BCUT2D eigenvalue weighted by molar-refractivity contribution is 9.10. The van der Waals surface area contributed by atoms with Crippen molar-refractivity contribution in [3.63, 3.8) is 0 Å². The molecule has 0 spiro atoms. The number of carbonyl (C=O) groups excluding carboxylic acids is 1. The van der Waals surface area contributed by atoms with E-state index < -0.39 is 143 Å². The molecular weight excluding hydrogens is 1150 g/mol. The molecule has 2 heterocycles. The van der Waals surface area contributed by atoms with Gasteiger partial charge >= 0.3 is 18.7 Å². The van der Waals surface area contributed by atoms with Crippen molar-refractivity contribution in [2.75, 3.05) is 25.1 Å². The smallest absolute Gasteiger partial charge is 0.490 e. The van der Waals surface area contributed by atoms with Gasteiger partial charge in [0.05, 0.1) is 33.4 Å². The van der Waals surface area contributed by atoms with Crippen LogP contribution in [0.5, 0.6) is 46.0 Å². The number of nitrogens with one attached hydrogen (secondary N) is 1. The van der Waals surface area contributed by atoms with Crippen LogP contribution in [0.25, 0.3) is 0 Å². The van der Waals surface area contributed by atoms with Crippen LogP contribution >= 0.6 is 31.9 Å². The van der Waals surface area contributed by atoms with Crippen LogP contribution in [0.1, 0.15) is 64.0 Å². The number of alkyl halides is 10. The Morgan fingerprint density at radius 2 is 1.03 bits per heavy atom. The highest BCUT2D eigenvalue weighted by Gasteiger charge is 2.36. The van der Waals surface area contributed by atoms with Crippen molar-refractivity contribution in [1.29, 1.82) is 0 Å². The predicted octanol–water partition coefficient (Wildman–Crippen LogP) is 14.4. The molecule has 0 bridgehead atoms. The molecular formula is C44H30Br2F14N4O9. The summed E-state index contributed by atoms with van der Waals surface area (Å²) in [5.41, 5.74) is 2.76. The van der Waals surface area contributed by atoms with Crippen LogP contribution in [0.4, 0.5) is 72.8 Å². The molecule has 29 heteroatoms. The third-order valence-corrected chi connectivity index (χ3v) is 9.62. The molecule has 0 saturated carbocycles. The fraction of sp³-hybridized carbons (Fsp3) is 0.182. The van der Waals surface area contributed by atoms with Crippen molar-refractivity contribution < 1.29 is 113 Å². The van der Waals surface area contributed by atoms with Gasteiger partial charge in [0.1, 0.15) is 43.5 Å². The summed E-state index contributed by atoms with van der Waals surface area (Å²) in [5.74, 6) is -20.7. The Morgan fingerprint density at radius 3 is 1.42 bits per heavy atom. The Labute approximate surface area is 426 Å². The molecule has 0 aliphatic heterocycles. The van der Waals surface area contributed by atoms with Crippen molar-refractivity contribution in [2.24, 2.45) is 0 Å². The van der Waals surface area contributed by atoms with Crippen LogP contribution in [-0.4, -0.2) is 53.8 Å². The molecule has 4 aromatic carbocycles. The number of aryl methyl sites for hydroxylation is 2. The van der Waals surface area contributed by atoms with Crippen molar-refractivity contribution in [3.05, 3.63) is 139 Å². The average Bonchev–Trinajstić information content (AvgIpc) is 3.31. The number of benzene rings is 4. The summed E-state index contributed by atoms with van der Waals surface area (Å²) in [7, 11) is -6.84. The van der Waals surface area contributed by atoms with Crippen LogP contribution in [0.15, 0.2) is 82.3 Å². The first-order chi connectivity index (χ1) is 36.3. The zero-order valence-corrected chi connectivity index (χ0v) is 39.0. The SMILES string of the molecule is Cc1cnc(Br)cc1N.[2H]C([2H])([2H])Oc1c(Oc2ccc(C(F)F)c(F)c2C(=O)Nc2cc(Br)ncc2C)ccc(OC(F)(F)F)c1F.[2H]C([2H])([2H])Oc1c(Oc2ccc(C(F)F)c(F)c2C(=O)O)ccc(OC(F)(F)F)c1F. The van der Waals surface area contributed by atoms with E-state index in [0.717, 1.165) is 15.9 Å².